The van der Waals surface area contributed by atoms with E-state index in [1.807, 2.05) is 13.8 Å². The molecule has 4 N–H and O–H groups in total. The Morgan fingerprint density at radius 3 is 2.37 bits per heavy atom. The van der Waals surface area contributed by atoms with Crippen molar-refractivity contribution < 1.29 is 14.4 Å². The highest BCUT2D eigenvalue weighted by Gasteiger charge is 2.40. The van der Waals surface area contributed by atoms with Gasteiger partial charge in [-0.3, -0.25) is 9.59 Å². The molecule has 1 aliphatic heterocycles. The third-order valence-electron chi connectivity index (χ3n) is 6.83. The lowest BCUT2D eigenvalue weighted by atomic mass is 9.90. The molecule has 0 spiro atoms. The van der Waals surface area contributed by atoms with Crippen molar-refractivity contribution in [1.82, 2.24) is 5.32 Å². The lowest BCUT2D eigenvalue weighted by Gasteiger charge is -2.43. The highest BCUT2D eigenvalue weighted by atomic mass is 35.5. The number of amides is 2. The summed E-state index contributed by atoms with van der Waals surface area (Å²) in [7, 11) is 0. The van der Waals surface area contributed by atoms with Crippen molar-refractivity contribution >= 4 is 52.7 Å². The van der Waals surface area contributed by atoms with Gasteiger partial charge in [0.1, 0.15) is 12.3 Å². The number of hydrogen-bond donors (Lipinski definition) is 3. The summed E-state index contributed by atoms with van der Waals surface area (Å²) >= 11 is 12.2. The molecule has 1 aliphatic carbocycles. The lowest BCUT2D eigenvalue weighted by Crippen LogP contribution is -2.56. The quantitative estimate of drug-likeness (QED) is 0.501. The molecule has 2 aromatic carbocycles. The first-order chi connectivity index (χ1) is 16.7. The molecule has 2 aromatic rings. The molecule has 0 bridgehead atoms. The van der Waals surface area contributed by atoms with E-state index in [4.69, 9.17) is 28.9 Å². The summed E-state index contributed by atoms with van der Waals surface area (Å²) in [6.07, 6.45) is 4.29. The molecule has 2 atom stereocenters. The SMILES string of the molecule is CC(C)C1C(C=O)Nc2cc(C(=O)NC3CCC(N)CC3)ccc2N1C(=O)c1ccc(Cl)c(Cl)c1. The van der Waals surface area contributed by atoms with Crippen LogP contribution in [0.3, 0.4) is 0 Å². The van der Waals surface area contributed by atoms with Crippen molar-refractivity contribution in [2.45, 2.75) is 63.7 Å². The standard InChI is InChI=1S/C26H30Cl2N4O3/c1-14(2)24-22(13-33)31-21-12-15(25(34)30-18-7-5-17(29)6-8-18)4-10-23(21)32(24)26(35)16-3-9-19(27)20(28)11-16/h3-4,9-14,17-18,22,24,31H,5-8,29H2,1-2H3,(H,30,34). The summed E-state index contributed by atoms with van der Waals surface area (Å²) in [4.78, 5) is 40.4. The Bertz CT molecular complexity index is 1130. The predicted molar refractivity (Wildman–Crippen MR) is 140 cm³/mol. The zero-order chi connectivity index (χ0) is 25.3. The minimum Gasteiger partial charge on any atom is -0.372 e. The normalized spacial score (nSPS) is 23.9. The van der Waals surface area contributed by atoms with E-state index in [0.29, 0.717) is 27.5 Å². The number of aldehydes is 1. The van der Waals surface area contributed by atoms with E-state index in [9.17, 15) is 14.4 Å². The fourth-order valence-corrected chi connectivity index (χ4v) is 5.26. The molecule has 1 heterocycles. The maximum absolute atomic E-state index is 13.7. The highest BCUT2D eigenvalue weighted by Crippen LogP contribution is 2.38. The molecule has 7 nitrogen and oxygen atoms in total. The molecule has 2 unspecified atom stereocenters. The van der Waals surface area contributed by atoms with Crippen LogP contribution in [0.15, 0.2) is 36.4 Å². The second-order valence-corrected chi connectivity index (χ2v) is 10.5. The third kappa shape index (κ3) is 5.32. The van der Waals surface area contributed by atoms with Crippen LogP contribution in [0.1, 0.15) is 60.2 Å². The van der Waals surface area contributed by atoms with Gasteiger partial charge in [0.25, 0.3) is 11.8 Å². The zero-order valence-corrected chi connectivity index (χ0v) is 21.3. The Labute approximate surface area is 215 Å². The van der Waals surface area contributed by atoms with Gasteiger partial charge in [0.15, 0.2) is 0 Å². The maximum atomic E-state index is 13.7. The number of nitrogens with zero attached hydrogens (tertiary/aromatic N) is 1. The van der Waals surface area contributed by atoms with Gasteiger partial charge in [-0.05, 0) is 68.0 Å². The van der Waals surface area contributed by atoms with Gasteiger partial charge < -0.3 is 26.1 Å². The van der Waals surface area contributed by atoms with Crippen molar-refractivity contribution in [3.63, 3.8) is 0 Å². The van der Waals surface area contributed by atoms with Gasteiger partial charge in [-0.25, -0.2) is 0 Å². The van der Waals surface area contributed by atoms with Crippen LogP contribution in [0.2, 0.25) is 10.0 Å². The summed E-state index contributed by atoms with van der Waals surface area (Å²) in [5.41, 5.74) is 7.94. The van der Waals surface area contributed by atoms with Crippen molar-refractivity contribution in [2.75, 3.05) is 10.2 Å². The number of fused-ring (bicyclic) bond motifs is 1. The minimum absolute atomic E-state index is 0.0294. The van der Waals surface area contributed by atoms with E-state index >= 15 is 0 Å². The van der Waals surface area contributed by atoms with Gasteiger partial charge in [-0.1, -0.05) is 37.0 Å². The molecule has 186 valence electrons. The molecule has 9 heteroatoms. The number of rotatable bonds is 5. The first-order valence-electron chi connectivity index (χ1n) is 11.9. The summed E-state index contributed by atoms with van der Waals surface area (Å²) in [5, 5.41) is 6.95. The molecular formula is C26H30Cl2N4O3. The Morgan fingerprint density at radius 2 is 1.74 bits per heavy atom. The largest absolute Gasteiger partial charge is 0.372 e. The van der Waals surface area contributed by atoms with E-state index in [2.05, 4.69) is 10.6 Å². The van der Waals surface area contributed by atoms with Crippen LogP contribution in [0.4, 0.5) is 11.4 Å². The van der Waals surface area contributed by atoms with Crippen LogP contribution in [0.5, 0.6) is 0 Å². The van der Waals surface area contributed by atoms with Crippen molar-refractivity contribution in [2.24, 2.45) is 11.7 Å². The van der Waals surface area contributed by atoms with Crippen LogP contribution in [-0.4, -0.2) is 42.3 Å². The van der Waals surface area contributed by atoms with Gasteiger partial charge in [-0.15, -0.1) is 0 Å². The van der Waals surface area contributed by atoms with Crippen LogP contribution in [0, 0.1) is 5.92 Å². The van der Waals surface area contributed by atoms with Crippen LogP contribution < -0.4 is 21.3 Å². The van der Waals surface area contributed by atoms with Gasteiger partial charge in [0.05, 0.1) is 27.5 Å². The van der Waals surface area contributed by atoms with Crippen molar-refractivity contribution in [3.05, 3.63) is 57.6 Å². The van der Waals surface area contributed by atoms with Gasteiger partial charge in [0, 0.05) is 23.2 Å². The summed E-state index contributed by atoms with van der Waals surface area (Å²) in [6, 6.07) is 9.08. The number of nitrogens with one attached hydrogen (secondary N) is 2. The van der Waals surface area contributed by atoms with Crippen LogP contribution in [0.25, 0.3) is 0 Å². The Balaban J connectivity index is 1.67. The van der Waals surface area contributed by atoms with Gasteiger partial charge in [0.2, 0.25) is 0 Å². The molecule has 4 rings (SSSR count). The van der Waals surface area contributed by atoms with E-state index in [0.717, 1.165) is 32.0 Å². The van der Waals surface area contributed by atoms with Gasteiger partial charge in [-0.2, -0.15) is 0 Å². The average molecular weight is 517 g/mol. The third-order valence-corrected chi connectivity index (χ3v) is 7.57. The number of anilines is 2. The van der Waals surface area contributed by atoms with Crippen molar-refractivity contribution in [3.8, 4) is 0 Å². The summed E-state index contributed by atoms with van der Waals surface area (Å²) in [6.45, 7) is 3.92. The van der Waals surface area contributed by atoms with E-state index in [-0.39, 0.29) is 34.8 Å². The molecule has 1 saturated carbocycles. The molecular weight excluding hydrogens is 487 g/mol. The summed E-state index contributed by atoms with van der Waals surface area (Å²) < 4.78 is 0. The maximum Gasteiger partial charge on any atom is 0.258 e. The second-order valence-electron chi connectivity index (χ2n) is 9.66. The monoisotopic (exact) mass is 516 g/mol. The smallest absolute Gasteiger partial charge is 0.258 e. The van der Waals surface area contributed by atoms with E-state index in [1.165, 1.54) is 6.07 Å². The lowest BCUT2D eigenvalue weighted by molar-refractivity contribution is -0.109. The molecule has 35 heavy (non-hydrogen) atoms. The topological polar surface area (TPSA) is 105 Å². The molecule has 0 aromatic heterocycles. The van der Waals surface area contributed by atoms with Gasteiger partial charge >= 0.3 is 0 Å². The first kappa shape index (κ1) is 25.5. The number of benzene rings is 2. The molecule has 2 amide bonds. The van der Waals surface area contributed by atoms with E-state index < -0.39 is 12.1 Å². The number of halogens is 2. The Morgan fingerprint density at radius 1 is 1.06 bits per heavy atom. The molecule has 0 saturated heterocycles. The predicted octanol–water partition coefficient (Wildman–Crippen LogP) is 4.66. The Kier molecular flexibility index (Phi) is 7.69. The molecule has 2 aliphatic rings. The average Bonchev–Trinajstić information content (AvgIpc) is 2.84. The minimum atomic E-state index is -0.646. The number of carbonyl (C=O) groups is 3. The number of carbonyl (C=O) groups excluding carboxylic acids is 3. The van der Waals surface area contributed by atoms with Crippen molar-refractivity contribution in [1.29, 1.82) is 0 Å². The number of hydrogen-bond acceptors (Lipinski definition) is 5. The van der Waals surface area contributed by atoms with Crippen LogP contribution >= 0.6 is 23.2 Å². The van der Waals surface area contributed by atoms with Crippen LogP contribution in [-0.2, 0) is 4.79 Å². The zero-order valence-electron chi connectivity index (χ0n) is 19.8. The molecule has 0 radical (unpaired) electrons. The fraction of sp³-hybridized carbons (Fsp3) is 0.423. The first-order valence-corrected chi connectivity index (χ1v) is 12.7. The highest BCUT2D eigenvalue weighted by molar-refractivity contribution is 6.42. The summed E-state index contributed by atoms with van der Waals surface area (Å²) in [5.74, 6) is -0.517. The molecule has 1 fully saturated rings. The fourth-order valence-electron chi connectivity index (χ4n) is 4.96. The van der Waals surface area contributed by atoms with E-state index in [1.54, 1.807) is 35.2 Å². The second kappa shape index (κ2) is 10.6. The Hall–Kier alpha value is -2.61. The number of nitrogens with two attached hydrogens (primary N) is 1.